The second kappa shape index (κ2) is 4.41. The zero-order chi connectivity index (χ0) is 10.7. The molecule has 1 heterocycles. The highest BCUT2D eigenvalue weighted by molar-refractivity contribution is 9.10. The fraction of sp³-hybridized carbons (Fsp3) is 0.333. The fourth-order valence-electron chi connectivity index (χ4n) is 0.958. The summed E-state index contributed by atoms with van der Waals surface area (Å²) in [6.07, 6.45) is 0. The van der Waals surface area contributed by atoms with Crippen molar-refractivity contribution >= 4 is 27.7 Å². The molecule has 0 saturated heterocycles. The number of halogens is 1. The summed E-state index contributed by atoms with van der Waals surface area (Å²) in [5, 5.41) is 8.80. The van der Waals surface area contributed by atoms with E-state index in [0.29, 0.717) is 10.4 Å². The molecule has 76 valence electrons. The molecule has 0 aliphatic heterocycles. The third kappa shape index (κ3) is 2.45. The fourth-order valence-corrected chi connectivity index (χ4v) is 1.29. The van der Waals surface area contributed by atoms with Crippen LogP contribution in [-0.2, 0) is 4.79 Å². The van der Waals surface area contributed by atoms with Crippen LogP contribution in [-0.4, -0.2) is 29.1 Å². The predicted octanol–water partition coefficient (Wildman–Crippen LogP) is 1.75. The number of anilines is 1. The Balaban J connectivity index is 2.89. The van der Waals surface area contributed by atoms with Crippen LogP contribution in [0.25, 0.3) is 0 Å². The van der Waals surface area contributed by atoms with Gasteiger partial charge in [0.05, 0.1) is 0 Å². The van der Waals surface area contributed by atoms with Crippen LogP contribution in [0, 0.1) is 0 Å². The Labute approximate surface area is 90.7 Å². The molecule has 0 aromatic carbocycles. The number of hydrogen-bond donors (Lipinski definition) is 1. The van der Waals surface area contributed by atoms with Crippen molar-refractivity contribution in [3.05, 3.63) is 22.8 Å². The van der Waals surface area contributed by atoms with E-state index >= 15 is 0 Å². The van der Waals surface area contributed by atoms with Gasteiger partial charge in [0.15, 0.2) is 0 Å². The van der Waals surface area contributed by atoms with Gasteiger partial charge < -0.3 is 10.0 Å². The summed E-state index contributed by atoms with van der Waals surface area (Å²) in [4.78, 5) is 16.5. The third-order valence-corrected chi connectivity index (χ3v) is 2.44. The lowest BCUT2D eigenvalue weighted by Gasteiger charge is -2.22. The first-order valence-corrected chi connectivity index (χ1v) is 4.90. The van der Waals surface area contributed by atoms with E-state index in [1.165, 1.54) is 0 Å². The molecule has 0 fully saturated rings. The van der Waals surface area contributed by atoms with Gasteiger partial charge in [0.1, 0.15) is 16.5 Å². The first-order chi connectivity index (χ1) is 6.52. The monoisotopic (exact) mass is 258 g/mol. The van der Waals surface area contributed by atoms with Crippen LogP contribution in [0.1, 0.15) is 6.92 Å². The van der Waals surface area contributed by atoms with Gasteiger partial charge in [-0.2, -0.15) is 0 Å². The largest absolute Gasteiger partial charge is 0.480 e. The van der Waals surface area contributed by atoms with Crippen LogP contribution < -0.4 is 4.90 Å². The normalized spacial score (nSPS) is 12.2. The van der Waals surface area contributed by atoms with E-state index in [9.17, 15) is 4.79 Å². The summed E-state index contributed by atoms with van der Waals surface area (Å²) in [6, 6.07) is 4.79. The number of hydrogen-bond acceptors (Lipinski definition) is 3. The summed E-state index contributed by atoms with van der Waals surface area (Å²) in [5.74, 6) is -0.233. The minimum atomic E-state index is -0.866. The van der Waals surface area contributed by atoms with Crippen molar-refractivity contribution in [3.63, 3.8) is 0 Å². The molecule has 0 saturated carbocycles. The number of nitrogens with zero attached hydrogens (tertiary/aromatic N) is 2. The van der Waals surface area contributed by atoms with Crippen LogP contribution >= 0.6 is 15.9 Å². The lowest BCUT2D eigenvalue weighted by atomic mass is 10.3. The van der Waals surface area contributed by atoms with Gasteiger partial charge in [-0.1, -0.05) is 6.07 Å². The Morgan fingerprint density at radius 1 is 1.64 bits per heavy atom. The molecule has 1 aromatic heterocycles. The molecule has 4 nitrogen and oxygen atoms in total. The lowest BCUT2D eigenvalue weighted by Crippen LogP contribution is -2.36. The number of aromatic nitrogens is 1. The smallest absolute Gasteiger partial charge is 0.326 e. The van der Waals surface area contributed by atoms with E-state index in [2.05, 4.69) is 20.9 Å². The molecule has 0 aliphatic rings. The first-order valence-electron chi connectivity index (χ1n) is 4.10. The number of carboxylic acid groups (broad SMARTS) is 1. The van der Waals surface area contributed by atoms with Crippen LogP contribution in [0.15, 0.2) is 22.8 Å². The summed E-state index contributed by atoms with van der Waals surface area (Å²) >= 11 is 3.23. The van der Waals surface area contributed by atoms with E-state index in [0.717, 1.165) is 0 Å². The number of aliphatic carboxylic acids is 1. The summed E-state index contributed by atoms with van der Waals surface area (Å²) < 4.78 is 0.694. The van der Waals surface area contributed by atoms with E-state index < -0.39 is 12.0 Å². The number of likely N-dealkylation sites (N-methyl/N-ethyl adjacent to an activating group) is 1. The average Bonchev–Trinajstić information content (AvgIpc) is 2.15. The van der Waals surface area contributed by atoms with Crippen molar-refractivity contribution in [2.75, 3.05) is 11.9 Å². The quantitative estimate of drug-likeness (QED) is 0.840. The zero-order valence-corrected chi connectivity index (χ0v) is 9.52. The van der Waals surface area contributed by atoms with E-state index in [-0.39, 0.29) is 0 Å². The highest BCUT2D eigenvalue weighted by Gasteiger charge is 2.17. The second-order valence-corrected chi connectivity index (χ2v) is 3.76. The number of pyridine rings is 1. The summed E-state index contributed by atoms with van der Waals surface area (Å²) in [7, 11) is 1.70. The maximum Gasteiger partial charge on any atom is 0.326 e. The van der Waals surface area contributed by atoms with Crippen LogP contribution in [0.3, 0.4) is 0 Å². The van der Waals surface area contributed by atoms with E-state index in [1.807, 2.05) is 6.07 Å². The lowest BCUT2D eigenvalue weighted by molar-refractivity contribution is -0.138. The van der Waals surface area contributed by atoms with Crippen molar-refractivity contribution in [1.82, 2.24) is 4.98 Å². The van der Waals surface area contributed by atoms with Gasteiger partial charge in [0, 0.05) is 7.05 Å². The van der Waals surface area contributed by atoms with Crippen molar-refractivity contribution in [3.8, 4) is 0 Å². The summed E-state index contributed by atoms with van der Waals surface area (Å²) in [5.41, 5.74) is 0. The van der Waals surface area contributed by atoms with Crippen molar-refractivity contribution in [2.24, 2.45) is 0 Å². The molecule has 1 aromatic rings. The van der Waals surface area contributed by atoms with Crippen LogP contribution in [0.4, 0.5) is 5.82 Å². The molecule has 0 aliphatic carbocycles. The Morgan fingerprint density at radius 3 is 2.79 bits per heavy atom. The SMILES string of the molecule is CC(C(=O)O)N(C)c1cccc(Br)n1. The van der Waals surface area contributed by atoms with Gasteiger partial charge in [0.2, 0.25) is 0 Å². The van der Waals surface area contributed by atoms with Gasteiger partial charge in [-0.15, -0.1) is 0 Å². The third-order valence-electron chi connectivity index (χ3n) is 2.00. The van der Waals surface area contributed by atoms with Crippen LogP contribution in [0.2, 0.25) is 0 Å². The number of carboxylic acids is 1. The maximum atomic E-state index is 10.7. The molecule has 1 atom stereocenters. The van der Waals surface area contributed by atoms with Gasteiger partial charge >= 0.3 is 5.97 Å². The molecular weight excluding hydrogens is 248 g/mol. The van der Waals surface area contributed by atoms with Crippen molar-refractivity contribution in [1.29, 1.82) is 0 Å². The van der Waals surface area contributed by atoms with Crippen LogP contribution in [0.5, 0.6) is 0 Å². The Kier molecular flexibility index (Phi) is 3.46. The predicted molar refractivity (Wildman–Crippen MR) is 57.4 cm³/mol. The molecule has 0 amide bonds. The van der Waals surface area contributed by atoms with Crippen molar-refractivity contribution < 1.29 is 9.90 Å². The first kappa shape index (κ1) is 11.0. The maximum absolute atomic E-state index is 10.7. The van der Waals surface area contributed by atoms with Gasteiger partial charge in [0.25, 0.3) is 0 Å². The topological polar surface area (TPSA) is 53.4 Å². The molecule has 1 rings (SSSR count). The molecule has 0 spiro atoms. The molecule has 0 radical (unpaired) electrons. The highest BCUT2D eigenvalue weighted by Crippen LogP contribution is 2.15. The second-order valence-electron chi connectivity index (χ2n) is 2.94. The molecule has 1 unspecified atom stereocenters. The van der Waals surface area contributed by atoms with Crippen molar-refractivity contribution in [2.45, 2.75) is 13.0 Å². The van der Waals surface area contributed by atoms with E-state index in [4.69, 9.17) is 5.11 Å². The molecule has 14 heavy (non-hydrogen) atoms. The van der Waals surface area contributed by atoms with Gasteiger partial charge in [-0.05, 0) is 35.0 Å². The van der Waals surface area contributed by atoms with Gasteiger partial charge in [-0.25, -0.2) is 9.78 Å². The minimum Gasteiger partial charge on any atom is -0.480 e. The van der Waals surface area contributed by atoms with E-state index in [1.54, 1.807) is 31.0 Å². The highest BCUT2D eigenvalue weighted by atomic mass is 79.9. The average molecular weight is 259 g/mol. The van der Waals surface area contributed by atoms with Gasteiger partial charge in [-0.3, -0.25) is 0 Å². The number of carbonyl (C=O) groups is 1. The Hall–Kier alpha value is -1.10. The zero-order valence-electron chi connectivity index (χ0n) is 7.94. The summed E-state index contributed by atoms with van der Waals surface area (Å²) in [6.45, 7) is 1.62. The Bertz CT molecular complexity index is 343. The number of rotatable bonds is 3. The minimum absolute atomic E-state index is 0.586. The molecular formula is C9H11BrN2O2. The Morgan fingerprint density at radius 2 is 2.29 bits per heavy atom. The molecule has 5 heteroatoms. The standard InChI is InChI=1S/C9H11BrN2O2/c1-6(9(13)14)12(2)8-5-3-4-7(10)11-8/h3-6H,1-2H3,(H,13,14). The molecule has 1 N–H and O–H groups in total. The molecule has 0 bridgehead atoms.